The highest BCUT2D eigenvalue weighted by atomic mass is 32.2. The first-order valence-electron chi connectivity index (χ1n) is 5.58. The summed E-state index contributed by atoms with van der Waals surface area (Å²) in [7, 11) is -5.64. The third kappa shape index (κ3) is 2.84. The van der Waals surface area contributed by atoms with Gasteiger partial charge in [0, 0.05) is 11.6 Å². The summed E-state index contributed by atoms with van der Waals surface area (Å²) in [4.78, 5) is 0. The van der Waals surface area contributed by atoms with E-state index in [1.807, 2.05) is 0 Å². The van der Waals surface area contributed by atoms with Gasteiger partial charge in [-0.25, -0.2) is 0 Å². The van der Waals surface area contributed by atoms with Crippen molar-refractivity contribution in [3.8, 4) is 5.75 Å². The molecule has 1 atom stereocenters. The highest BCUT2D eigenvalue weighted by Gasteiger charge is 2.48. The third-order valence-electron chi connectivity index (χ3n) is 2.96. The maximum absolute atomic E-state index is 12.3. The molecule has 0 aliphatic heterocycles. The van der Waals surface area contributed by atoms with Crippen LogP contribution in [0.5, 0.6) is 5.75 Å². The maximum atomic E-state index is 12.3. The lowest BCUT2D eigenvalue weighted by Crippen LogP contribution is -2.31. The molecule has 0 saturated carbocycles. The monoisotopic (exact) mass is 295 g/mol. The number of fused-ring (bicyclic) bond motifs is 1. The minimum Gasteiger partial charge on any atom is -0.376 e. The Morgan fingerprint density at radius 1 is 1.32 bits per heavy atom. The van der Waals surface area contributed by atoms with Gasteiger partial charge in [0.15, 0.2) is 0 Å². The molecule has 0 heterocycles. The molecule has 1 aliphatic rings. The summed E-state index contributed by atoms with van der Waals surface area (Å²) >= 11 is 0. The van der Waals surface area contributed by atoms with E-state index in [0.717, 1.165) is 5.56 Å². The maximum Gasteiger partial charge on any atom is 0.534 e. The fourth-order valence-electron chi connectivity index (χ4n) is 2.03. The van der Waals surface area contributed by atoms with Crippen LogP contribution in [0.3, 0.4) is 0 Å². The molecule has 1 unspecified atom stereocenters. The van der Waals surface area contributed by atoms with Crippen LogP contribution in [-0.2, 0) is 23.0 Å². The van der Waals surface area contributed by atoms with E-state index < -0.39 is 15.6 Å². The number of hydrogen-bond acceptors (Lipinski definition) is 4. The summed E-state index contributed by atoms with van der Waals surface area (Å²) in [6.45, 7) is 0. The van der Waals surface area contributed by atoms with Crippen LogP contribution in [0.2, 0.25) is 0 Å². The molecule has 4 nitrogen and oxygen atoms in total. The summed E-state index contributed by atoms with van der Waals surface area (Å²) in [5.41, 5.74) is 1.52. The number of alkyl halides is 3. The van der Waals surface area contributed by atoms with E-state index in [9.17, 15) is 21.6 Å². The zero-order valence-corrected chi connectivity index (χ0v) is 10.6. The van der Waals surface area contributed by atoms with Gasteiger partial charge >= 0.3 is 15.6 Å². The fourth-order valence-corrected chi connectivity index (χ4v) is 2.51. The summed E-state index contributed by atoms with van der Waals surface area (Å²) < 4.78 is 63.1. The van der Waals surface area contributed by atoms with Crippen LogP contribution in [0.1, 0.15) is 17.5 Å². The van der Waals surface area contributed by atoms with Gasteiger partial charge in [-0.15, -0.1) is 0 Å². The van der Waals surface area contributed by atoms with Gasteiger partial charge in [0.25, 0.3) is 0 Å². The Morgan fingerprint density at radius 2 is 2.00 bits per heavy atom. The van der Waals surface area contributed by atoms with Crippen molar-refractivity contribution in [2.75, 3.05) is 0 Å². The Morgan fingerprint density at radius 3 is 2.63 bits per heavy atom. The van der Waals surface area contributed by atoms with E-state index in [-0.39, 0.29) is 11.8 Å². The van der Waals surface area contributed by atoms with Gasteiger partial charge < -0.3 is 9.92 Å². The quantitative estimate of drug-likeness (QED) is 0.666. The van der Waals surface area contributed by atoms with Crippen LogP contribution < -0.4 is 9.92 Å². The number of rotatable bonds is 2. The molecule has 0 saturated heterocycles. The summed E-state index contributed by atoms with van der Waals surface area (Å²) in [6.07, 6.45) is 1.61. The zero-order chi connectivity index (χ0) is 14.3. The van der Waals surface area contributed by atoms with Crippen LogP contribution in [0.4, 0.5) is 13.2 Å². The average Bonchev–Trinajstić information content (AvgIpc) is 2.28. The molecule has 1 aliphatic carbocycles. The molecular formula is C11H12F3NO3S. The molecule has 0 fully saturated rings. The zero-order valence-electron chi connectivity index (χ0n) is 9.77. The van der Waals surface area contributed by atoms with Crippen molar-refractivity contribution in [3.63, 3.8) is 0 Å². The van der Waals surface area contributed by atoms with Crippen LogP contribution in [0.25, 0.3) is 0 Å². The van der Waals surface area contributed by atoms with Crippen molar-refractivity contribution >= 4 is 10.1 Å². The second-order valence-corrected chi connectivity index (χ2v) is 5.92. The normalized spacial score (nSPS) is 19.9. The largest absolute Gasteiger partial charge is 0.534 e. The molecule has 1 aromatic rings. The molecule has 2 rings (SSSR count). The second-order valence-electron chi connectivity index (χ2n) is 4.38. The van der Waals surface area contributed by atoms with Crippen molar-refractivity contribution in [1.29, 1.82) is 0 Å². The Kier molecular flexibility index (Phi) is 3.48. The number of hydrogen-bond donors (Lipinski definition) is 1. The van der Waals surface area contributed by atoms with Gasteiger partial charge in [-0.2, -0.15) is 21.6 Å². The van der Waals surface area contributed by atoms with E-state index in [2.05, 4.69) is 4.18 Å². The first-order valence-corrected chi connectivity index (χ1v) is 6.98. The molecular weight excluding hydrogens is 283 g/mol. The van der Waals surface area contributed by atoms with Gasteiger partial charge in [0.05, 0.1) is 0 Å². The van der Waals surface area contributed by atoms with Gasteiger partial charge in [-0.1, -0.05) is 12.1 Å². The molecule has 1 aromatic carbocycles. The number of nitrogens with two attached hydrogens (primary N) is 1. The summed E-state index contributed by atoms with van der Waals surface area (Å²) in [6, 6.07) is 4.21. The molecule has 2 N–H and O–H groups in total. The van der Waals surface area contributed by atoms with Crippen LogP contribution in [0, 0.1) is 0 Å². The molecule has 19 heavy (non-hydrogen) atoms. The number of halogens is 3. The van der Waals surface area contributed by atoms with Crippen molar-refractivity contribution < 1.29 is 25.8 Å². The molecule has 106 valence electrons. The Labute approximate surface area is 108 Å². The fraction of sp³-hybridized carbons (Fsp3) is 0.455. The summed E-state index contributed by atoms with van der Waals surface area (Å²) in [5.74, 6) is -0.287. The Hall–Kier alpha value is -1.28. The van der Waals surface area contributed by atoms with Crippen molar-refractivity contribution in [2.45, 2.75) is 30.8 Å². The Balaban J connectivity index is 2.38. The predicted octanol–water partition coefficient (Wildman–Crippen LogP) is 1.73. The highest BCUT2D eigenvalue weighted by Crippen LogP contribution is 2.33. The highest BCUT2D eigenvalue weighted by molar-refractivity contribution is 7.88. The summed E-state index contributed by atoms with van der Waals surface area (Å²) in [5, 5.41) is 0. The standard InChI is InChI=1S/C11H12F3NO3S/c12-11(13,14)19(16,17)18-10-3-1-2-7-4-5-8(15)6-9(7)10/h1-3,8H,4-6,15H2. The SMILES string of the molecule is NC1CCc2cccc(OS(=O)(=O)C(F)(F)F)c2C1. The smallest absolute Gasteiger partial charge is 0.376 e. The topological polar surface area (TPSA) is 69.4 Å². The predicted molar refractivity (Wildman–Crippen MR) is 62.0 cm³/mol. The second kappa shape index (κ2) is 4.68. The lowest BCUT2D eigenvalue weighted by atomic mass is 9.88. The van der Waals surface area contributed by atoms with Gasteiger partial charge in [-0.3, -0.25) is 0 Å². The van der Waals surface area contributed by atoms with E-state index in [0.29, 0.717) is 24.8 Å². The van der Waals surface area contributed by atoms with Gasteiger partial charge in [0.1, 0.15) is 5.75 Å². The van der Waals surface area contributed by atoms with Crippen LogP contribution in [-0.4, -0.2) is 20.0 Å². The number of aryl methyl sites for hydroxylation is 1. The minimum atomic E-state index is -5.64. The van der Waals surface area contributed by atoms with Crippen LogP contribution in [0.15, 0.2) is 18.2 Å². The number of benzene rings is 1. The van der Waals surface area contributed by atoms with E-state index in [1.165, 1.54) is 12.1 Å². The van der Waals surface area contributed by atoms with Gasteiger partial charge in [0.2, 0.25) is 0 Å². The van der Waals surface area contributed by atoms with Crippen molar-refractivity contribution in [3.05, 3.63) is 29.3 Å². The minimum absolute atomic E-state index is 0.203. The molecule has 8 heteroatoms. The van der Waals surface area contributed by atoms with Crippen molar-refractivity contribution in [1.82, 2.24) is 0 Å². The van der Waals surface area contributed by atoms with Gasteiger partial charge in [-0.05, 0) is 30.9 Å². The molecule has 0 spiro atoms. The molecule has 0 bridgehead atoms. The average molecular weight is 295 g/mol. The van der Waals surface area contributed by atoms with E-state index in [1.54, 1.807) is 6.07 Å². The lowest BCUT2D eigenvalue weighted by molar-refractivity contribution is -0.0500. The molecule has 0 amide bonds. The van der Waals surface area contributed by atoms with Crippen molar-refractivity contribution in [2.24, 2.45) is 5.73 Å². The third-order valence-corrected chi connectivity index (χ3v) is 3.93. The first-order chi connectivity index (χ1) is 8.71. The molecule has 0 radical (unpaired) electrons. The van der Waals surface area contributed by atoms with E-state index >= 15 is 0 Å². The first kappa shape index (κ1) is 14.1. The van der Waals surface area contributed by atoms with E-state index in [4.69, 9.17) is 5.73 Å². The molecule has 0 aromatic heterocycles. The van der Waals surface area contributed by atoms with Crippen LogP contribution >= 0.6 is 0 Å². The Bertz CT molecular complexity index is 583. The lowest BCUT2D eigenvalue weighted by Gasteiger charge is -2.23.